The number of thiocarbonyl (C=S) groups is 1. The number of amides is 2. The van der Waals surface area contributed by atoms with E-state index in [1.165, 1.54) is 17.0 Å². The van der Waals surface area contributed by atoms with Gasteiger partial charge in [0.2, 0.25) is 0 Å². The van der Waals surface area contributed by atoms with Crippen molar-refractivity contribution in [3.8, 4) is 11.3 Å². The molecule has 8 heteroatoms. The molecule has 2 aromatic carbocycles. The summed E-state index contributed by atoms with van der Waals surface area (Å²) < 4.78 is 5.75. The monoisotopic (exact) mass is 460 g/mol. The average molecular weight is 461 g/mol. The number of anilines is 1. The zero-order chi connectivity index (χ0) is 23.7. The number of carboxylic acid groups (broad SMARTS) is 1. The van der Waals surface area contributed by atoms with Gasteiger partial charge in [0.05, 0.1) is 11.3 Å². The van der Waals surface area contributed by atoms with Crippen LogP contribution in [0.5, 0.6) is 0 Å². The maximum atomic E-state index is 13.2. The van der Waals surface area contributed by atoms with E-state index in [4.69, 9.17) is 16.6 Å². The van der Waals surface area contributed by atoms with Crippen LogP contribution in [-0.4, -0.2) is 28.0 Å². The summed E-state index contributed by atoms with van der Waals surface area (Å²) in [7, 11) is 0. The number of nitrogens with zero attached hydrogens (tertiary/aromatic N) is 1. The van der Waals surface area contributed by atoms with Crippen LogP contribution in [0.25, 0.3) is 17.4 Å². The van der Waals surface area contributed by atoms with Crippen LogP contribution in [0.4, 0.5) is 5.69 Å². The minimum Gasteiger partial charge on any atom is -0.478 e. The van der Waals surface area contributed by atoms with Crippen molar-refractivity contribution in [3.05, 3.63) is 83.1 Å². The van der Waals surface area contributed by atoms with Gasteiger partial charge < -0.3 is 9.52 Å². The fraction of sp³-hybridized carbons (Fsp3) is 0.120. The minimum atomic E-state index is -1.09. The van der Waals surface area contributed by atoms with Crippen LogP contribution in [0.3, 0.4) is 0 Å². The topological polar surface area (TPSA) is 99.8 Å². The number of aromatic carboxylic acids is 1. The number of hydrogen-bond donors (Lipinski definition) is 2. The molecule has 0 spiro atoms. The van der Waals surface area contributed by atoms with Crippen LogP contribution in [-0.2, 0) is 9.59 Å². The Labute approximate surface area is 195 Å². The number of rotatable bonds is 5. The SMILES string of the molecule is CC(C)c1ccc(N2C(=O)/C(=C/c3ccc(-c4ccccc4C(=O)O)o3)C(=O)NC2=S)cc1. The van der Waals surface area contributed by atoms with Crippen LogP contribution in [0.15, 0.2) is 70.7 Å². The molecule has 1 saturated heterocycles. The maximum absolute atomic E-state index is 13.2. The summed E-state index contributed by atoms with van der Waals surface area (Å²) in [5.41, 5.74) is 1.97. The molecule has 7 nitrogen and oxygen atoms in total. The van der Waals surface area contributed by atoms with Gasteiger partial charge in [0.15, 0.2) is 5.11 Å². The second-order valence-electron chi connectivity index (χ2n) is 7.76. The van der Waals surface area contributed by atoms with Gasteiger partial charge in [0, 0.05) is 5.56 Å². The van der Waals surface area contributed by atoms with Gasteiger partial charge in [0.1, 0.15) is 17.1 Å². The Morgan fingerprint density at radius 1 is 1.06 bits per heavy atom. The second kappa shape index (κ2) is 8.84. The summed E-state index contributed by atoms with van der Waals surface area (Å²) in [6.45, 7) is 4.14. The van der Waals surface area contributed by atoms with Crippen molar-refractivity contribution < 1.29 is 23.9 Å². The third-order valence-electron chi connectivity index (χ3n) is 5.26. The number of nitrogens with one attached hydrogen (secondary N) is 1. The normalized spacial score (nSPS) is 15.3. The third kappa shape index (κ3) is 4.33. The van der Waals surface area contributed by atoms with Gasteiger partial charge in [-0.05, 0) is 60.1 Å². The fourth-order valence-corrected chi connectivity index (χ4v) is 3.78. The van der Waals surface area contributed by atoms with E-state index in [2.05, 4.69) is 19.2 Å². The van der Waals surface area contributed by atoms with E-state index < -0.39 is 17.8 Å². The number of benzene rings is 2. The zero-order valence-corrected chi connectivity index (χ0v) is 18.7. The summed E-state index contributed by atoms with van der Waals surface area (Å²) in [5.74, 6) is -1.44. The largest absolute Gasteiger partial charge is 0.478 e. The van der Waals surface area contributed by atoms with E-state index in [0.717, 1.165) is 5.56 Å². The smallest absolute Gasteiger partial charge is 0.336 e. The molecular weight excluding hydrogens is 440 g/mol. The van der Waals surface area contributed by atoms with E-state index in [1.807, 2.05) is 12.1 Å². The Bertz CT molecular complexity index is 1300. The second-order valence-corrected chi connectivity index (χ2v) is 8.14. The minimum absolute atomic E-state index is 0.00466. The van der Waals surface area contributed by atoms with Crippen molar-refractivity contribution in [2.24, 2.45) is 0 Å². The van der Waals surface area contributed by atoms with E-state index >= 15 is 0 Å². The number of furan rings is 1. The van der Waals surface area contributed by atoms with Crippen molar-refractivity contribution in [1.29, 1.82) is 0 Å². The lowest BCUT2D eigenvalue weighted by Crippen LogP contribution is -2.54. The molecule has 0 aliphatic carbocycles. The first-order valence-electron chi connectivity index (χ1n) is 10.2. The molecule has 1 aliphatic rings. The van der Waals surface area contributed by atoms with Crippen LogP contribution in [0.2, 0.25) is 0 Å². The quantitative estimate of drug-likeness (QED) is 0.328. The van der Waals surface area contributed by atoms with E-state index in [0.29, 0.717) is 22.9 Å². The lowest BCUT2D eigenvalue weighted by Gasteiger charge is -2.29. The predicted molar refractivity (Wildman–Crippen MR) is 128 cm³/mol. The first-order chi connectivity index (χ1) is 15.8. The Morgan fingerprint density at radius 3 is 2.42 bits per heavy atom. The van der Waals surface area contributed by atoms with E-state index in [-0.39, 0.29) is 22.0 Å². The Balaban J connectivity index is 1.67. The molecule has 2 heterocycles. The molecule has 1 aliphatic heterocycles. The van der Waals surface area contributed by atoms with Crippen LogP contribution < -0.4 is 10.2 Å². The number of carbonyl (C=O) groups excluding carboxylic acids is 2. The third-order valence-corrected chi connectivity index (χ3v) is 5.54. The molecule has 2 N–H and O–H groups in total. The van der Waals surface area contributed by atoms with Gasteiger partial charge in [-0.2, -0.15) is 0 Å². The molecule has 1 fully saturated rings. The molecule has 1 aromatic heterocycles. The molecular formula is C25H20N2O5S. The molecule has 0 bridgehead atoms. The number of hydrogen-bond acceptors (Lipinski definition) is 5. The summed E-state index contributed by atoms with van der Waals surface area (Å²) in [5, 5.41) is 11.9. The van der Waals surface area contributed by atoms with E-state index in [1.54, 1.807) is 42.5 Å². The van der Waals surface area contributed by atoms with Crippen molar-refractivity contribution in [2.45, 2.75) is 19.8 Å². The van der Waals surface area contributed by atoms with Gasteiger partial charge in [0.25, 0.3) is 11.8 Å². The predicted octanol–water partition coefficient (Wildman–Crippen LogP) is 4.60. The first kappa shape index (κ1) is 22.2. The summed E-state index contributed by atoms with van der Waals surface area (Å²) in [4.78, 5) is 38.5. The molecule has 33 heavy (non-hydrogen) atoms. The van der Waals surface area contributed by atoms with Gasteiger partial charge in [-0.25, -0.2) is 4.79 Å². The zero-order valence-electron chi connectivity index (χ0n) is 17.9. The summed E-state index contributed by atoms with van der Waals surface area (Å²) in [6.07, 6.45) is 1.32. The molecule has 3 aromatic rings. The Morgan fingerprint density at radius 2 is 1.76 bits per heavy atom. The molecule has 0 atom stereocenters. The molecule has 166 valence electrons. The highest BCUT2D eigenvalue weighted by atomic mass is 32.1. The van der Waals surface area contributed by atoms with Crippen molar-refractivity contribution in [3.63, 3.8) is 0 Å². The maximum Gasteiger partial charge on any atom is 0.336 e. The Hall–Kier alpha value is -4.04. The van der Waals surface area contributed by atoms with Gasteiger partial charge >= 0.3 is 5.97 Å². The van der Waals surface area contributed by atoms with Gasteiger partial charge in [-0.15, -0.1) is 0 Å². The van der Waals surface area contributed by atoms with E-state index in [9.17, 15) is 19.5 Å². The summed E-state index contributed by atoms with van der Waals surface area (Å²) in [6, 6.07) is 17.0. The highest BCUT2D eigenvalue weighted by molar-refractivity contribution is 7.80. The molecule has 0 unspecified atom stereocenters. The van der Waals surface area contributed by atoms with Crippen molar-refractivity contribution >= 4 is 46.9 Å². The van der Waals surface area contributed by atoms with Crippen molar-refractivity contribution in [1.82, 2.24) is 5.32 Å². The molecule has 2 amide bonds. The summed E-state index contributed by atoms with van der Waals surface area (Å²) >= 11 is 5.24. The lowest BCUT2D eigenvalue weighted by atomic mass is 10.0. The molecule has 4 rings (SSSR count). The van der Waals surface area contributed by atoms with Crippen molar-refractivity contribution in [2.75, 3.05) is 4.90 Å². The van der Waals surface area contributed by atoms with Gasteiger partial charge in [-0.3, -0.25) is 19.8 Å². The Kier molecular flexibility index (Phi) is 5.93. The van der Waals surface area contributed by atoms with Gasteiger partial charge in [-0.1, -0.05) is 44.2 Å². The highest BCUT2D eigenvalue weighted by Gasteiger charge is 2.34. The molecule has 0 radical (unpaired) electrons. The average Bonchev–Trinajstić information content (AvgIpc) is 3.25. The van der Waals surface area contributed by atoms with Crippen LogP contribution >= 0.6 is 12.2 Å². The lowest BCUT2D eigenvalue weighted by molar-refractivity contribution is -0.122. The number of carboxylic acids is 1. The molecule has 0 saturated carbocycles. The fourth-order valence-electron chi connectivity index (χ4n) is 3.50. The number of carbonyl (C=O) groups is 3. The standard InChI is InChI=1S/C25H20N2O5S/c1-14(2)15-7-9-16(10-8-15)27-23(29)20(22(28)26-25(27)33)13-17-11-12-21(32-17)18-5-3-4-6-19(18)24(30)31/h3-14H,1-2H3,(H,30,31)(H,26,28,33)/b20-13+. The highest BCUT2D eigenvalue weighted by Crippen LogP contribution is 2.28. The van der Waals surface area contributed by atoms with Crippen LogP contribution in [0, 0.1) is 0 Å². The van der Waals surface area contributed by atoms with Crippen LogP contribution in [0.1, 0.15) is 41.4 Å². The first-order valence-corrected chi connectivity index (χ1v) is 10.6.